The number of phenolic OH excluding ortho intramolecular Hbond substituents is 1. The van der Waals surface area contributed by atoms with Crippen molar-refractivity contribution >= 4 is 5.91 Å². The molecule has 0 radical (unpaired) electrons. The van der Waals surface area contributed by atoms with Crippen molar-refractivity contribution in [1.82, 2.24) is 4.90 Å². The standard InChI is InChI=1S/C12H17NO4/c14-6-4-13(5-7-15)12(17)9-10-2-1-3-11(16)8-10/h1-3,8,14-16H,4-7,9H2. The summed E-state index contributed by atoms with van der Waals surface area (Å²) in [5.74, 6) is -0.0649. The summed E-state index contributed by atoms with van der Waals surface area (Å²) >= 11 is 0. The van der Waals surface area contributed by atoms with Crippen molar-refractivity contribution in [3.8, 4) is 5.75 Å². The molecule has 0 saturated heterocycles. The van der Waals surface area contributed by atoms with E-state index >= 15 is 0 Å². The number of rotatable bonds is 6. The van der Waals surface area contributed by atoms with Crippen molar-refractivity contribution in [2.75, 3.05) is 26.3 Å². The van der Waals surface area contributed by atoms with Crippen LogP contribution in [0.2, 0.25) is 0 Å². The van der Waals surface area contributed by atoms with Gasteiger partial charge in [-0.3, -0.25) is 4.79 Å². The normalized spacial score (nSPS) is 10.2. The number of carbonyl (C=O) groups is 1. The van der Waals surface area contributed by atoms with Gasteiger partial charge in [0.25, 0.3) is 0 Å². The minimum atomic E-state index is -0.182. The number of aromatic hydroxyl groups is 1. The van der Waals surface area contributed by atoms with Crippen molar-refractivity contribution in [2.45, 2.75) is 6.42 Å². The van der Waals surface area contributed by atoms with Crippen LogP contribution in [0.5, 0.6) is 5.75 Å². The van der Waals surface area contributed by atoms with Crippen LogP contribution < -0.4 is 0 Å². The van der Waals surface area contributed by atoms with Gasteiger partial charge in [0.2, 0.25) is 5.91 Å². The molecule has 1 aromatic carbocycles. The van der Waals surface area contributed by atoms with Crippen molar-refractivity contribution in [3.05, 3.63) is 29.8 Å². The molecule has 0 spiro atoms. The molecule has 0 heterocycles. The van der Waals surface area contributed by atoms with E-state index in [1.54, 1.807) is 12.1 Å². The molecule has 5 heteroatoms. The summed E-state index contributed by atoms with van der Waals surface area (Å²) in [5.41, 5.74) is 0.705. The molecule has 0 unspecified atom stereocenters. The smallest absolute Gasteiger partial charge is 0.227 e. The molecule has 1 amide bonds. The van der Waals surface area contributed by atoms with E-state index in [1.807, 2.05) is 0 Å². The molecule has 1 rings (SSSR count). The van der Waals surface area contributed by atoms with E-state index < -0.39 is 0 Å². The topological polar surface area (TPSA) is 81.0 Å². The van der Waals surface area contributed by atoms with E-state index in [1.165, 1.54) is 17.0 Å². The maximum Gasteiger partial charge on any atom is 0.227 e. The zero-order valence-corrected chi connectivity index (χ0v) is 9.54. The number of carbonyl (C=O) groups excluding carboxylic acids is 1. The van der Waals surface area contributed by atoms with Gasteiger partial charge >= 0.3 is 0 Å². The molecule has 5 nitrogen and oxygen atoms in total. The van der Waals surface area contributed by atoms with Gasteiger partial charge in [-0.25, -0.2) is 0 Å². The van der Waals surface area contributed by atoms with Crippen LogP contribution in [0.25, 0.3) is 0 Å². The largest absolute Gasteiger partial charge is 0.508 e. The Kier molecular flexibility index (Phi) is 5.45. The molecular formula is C12H17NO4. The molecule has 0 aliphatic carbocycles. The van der Waals surface area contributed by atoms with E-state index in [-0.39, 0.29) is 44.4 Å². The second kappa shape index (κ2) is 6.88. The Morgan fingerprint density at radius 2 is 1.82 bits per heavy atom. The SMILES string of the molecule is O=C(Cc1cccc(O)c1)N(CCO)CCO. The number of hydrogen-bond donors (Lipinski definition) is 3. The third-order valence-corrected chi connectivity index (χ3v) is 2.36. The molecule has 0 bridgehead atoms. The van der Waals surface area contributed by atoms with Crippen LogP contribution in [-0.4, -0.2) is 52.4 Å². The summed E-state index contributed by atoms with van der Waals surface area (Å²) in [6.07, 6.45) is 0.147. The Morgan fingerprint density at radius 3 is 2.35 bits per heavy atom. The van der Waals surface area contributed by atoms with Crippen LogP contribution >= 0.6 is 0 Å². The van der Waals surface area contributed by atoms with Gasteiger partial charge in [0.15, 0.2) is 0 Å². The van der Waals surface area contributed by atoms with Gasteiger partial charge in [0.1, 0.15) is 5.75 Å². The van der Waals surface area contributed by atoms with E-state index in [0.29, 0.717) is 5.56 Å². The molecule has 0 fully saturated rings. The van der Waals surface area contributed by atoms with Gasteiger partial charge in [0, 0.05) is 13.1 Å². The summed E-state index contributed by atoms with van der Waals surface area (Å²) in [4.78, 5) is 13.2. The summed E-state index contributed by atoms with van der Waals surface area (Å²) in [6, 6.07) is 6.47. The first-order chi connectivity index (χ1) is 8.17. The Balaban J connectivity index is 2.62. The van der Waals surface area contributed by atoms with Gasteiger partial charge in [-0.05, 0) is 17.7 Å². The fourth-order valence-corrected chi connectivity index (χ4v) is 1.56. The zero-order valence-electron chi connectivity index (χ0n) is 9.54. The predicted octanol–water partition coefficient (Wildman–Crippen LogP) is -0.252. The van der Waals surface area contributed by atoms with Crippen LogP contribution in [0, 0.1) is 0 Å². The molecule has 0 saturated carbocycles. The van der Waals surface area contributed by atoms with Crippen molar-refractivity contribution < 1.29 is 20.1 Å². The lowest BCUT2D eigenvalue weighted by Gasteiger charge is -2.20. The van der Waals surface area contributed by atoms with E-state index in [4.69, 9.17) is 10.2 Å². The average Bonchev–Trinajstić information content (AvgIpc) is 2.28. The highest BCUT2D eigenvalue weighted by atomic mass is 16.3. The molecule has 0 aromatic heterocycles. The summed E-state index contributed by atoms with van der Waals surface area (Å²) in [5, 5.41) is 26.9. The van der Waals surface area contributed by atoms with Gasteiger partial charge in [-0.1, -0.05) is 12.1 Å². The fraction of sp³-hybridized carbons (Fsp3) is 0.417. The van der Waals surface area contributed by atoms with Crippen LogP contribution in [0.15, 0.2) is 24.3 Å². The predicted molar refractivity (Wildman–Crippen MR) is 62.6 cm³/mol. The Morgan fingerprint density at radius 1 is 1.18 bits per heavy atom. The van der Waals surface area contributed by atoms with Crippen LogP contribution in [0.3, 0.4) is 0 Å². The molecule has 3 N–H and O–H groups in total. The van der Waals surface area contributed by atoms with Crippen LogP contribution in [0.4, 0.5) is 0 Å². The van der Waals surface area contributed by atoms with Crippen molar-refractivity contribution in [1.29, 1.82) is 0 Å². The third-order valence-electron chi connectivity index (χ3n) is 2.36. The second-order valence-corrected chi connectivity index (χ2v) is 3.67. The fourth-order valence-electron chi connectivity index (χ4n) is 1.56. The van der Waals surface area contributed by atoms with E-state index in [9.17, 15) is 9.90 Å². The molecule has 17 heavy (non-hydrogen) atoms. The lowest BCUT2D eigenvalue weighted by molar-refractivity contribution is -0.131. The Bertz CT molecular complexity index is 361. The lowest BCUT2D eigenvalue weighted by Crippen LogP contribution is -2.36. The van der Waals surface area contributed by atoms with Gasteiger partial charge in [-0.2, -0.15) is 0 Å². The molecular weight excluding hydrogens is 222 g/mol. The van der Waals surface area contributed by atoms with Gasteiger partial charge in [0.05, 0.1) is 19.6 Å². The number of hydrogen-bond acceptors (Lipinski definition) is 4. The van der Waals surface area contributed by atoms with Crippen LogP contribution in [-0.2, 0) is 11.2 Å². The minimum absolute atomic E-state index is 0.117. The summed E-state index contributed by atoms with van der Waals surface area (Å²) in [7, 11) is 0. The highest BCUT2D eigenvalue weighted by molar-refractivity contribution is 5.78. The maximum atomic E-state index is 11.8. The third kappa shape index (κ3) is 4.42. The number of benzene rings is 1. The Labute approximate surface area is 99.9 Å². The molecule has 0 aliphatic heterocycles. The molecule has 1 aromatic rings. The minimum Gasteiger partial charge on any atom is -0.508 e. The van der Waals surface area contributed by atoms with Crippen molar-refractivity contribution in [2.24, 2.45) is 0 Å². The number of nitrogens with zero attached hydrogens (tertiary/aromatic N) is 1. The maximum absolute atomic E-state index is 11.8. The quantitative estimate of drug-likeness (QED) is 0.639. The van der Waals surface area contributed by atoms with Crippen LogP contribution in [0.1, 0.15) is 5.56 Å². The number of aliphatic hydroxyl groups excluding tert-OH is 2. The molecule has 0 atom stereocenters. The zero-order chi connectivity index (χ0) is 12.7. The average molecular weight is 239 g/mol. The Hall–Kier alpha value is -1.59. The number of aliphatic hydroxyl groups is 2. The highest BCUT2D eigenvalue weighted by Gasteiger charge is 2.12. The number of phenols is 1. The molecule has 94 valence electrons. The first-order valence-electron chi connectivity index (χ1n) is 5.44. The van der Waals surface area contributed by atoms with E-state index in [2.05, 4.69) is 0 Å². The first-order valence-corrected chi connectivity index (χ1v) is 5.44. The van der Waals surface area contributed by atoms with Gasteiger partial charge < -0.3 is 20.2 Å². The monoisotopic (exact) mass is 239 g/mol. The number of amides is 1. The second-order valence-electron chi connectivity index (χ2n) is 3.67. The summed E-state index contributed by atoms with van der Waals surface area (Å²) < 4.78 is 0. The highest BCUT2D eigenvalue weighted by Crippen LogP contribution is 2.12. The first kappa shape index (κ1) is 13.5. The van der Waals surface area contributed by atoms with E-state index in [0.717, 1.165) is 0 Å². The summed E-state index contributed by atoms with van der Waals surface area (Å²) in [6.45, 7) is 0.147. The lowest BCUT2D eigenvalue weighted by atomic mass is 10.1. The van der Waals surface area contributed by atoms with Crippen molar-refractivity contribution in [3.63, 3.8) is 0 Å². The van der Waals surface area contributed by atoms with Gasteiger partial charge in [-0.15, -0.1) is 0 Å². The molecule has 0 aliphatic rings.